The molecule has 0 unspecified atom stereocenters. The van der Waals surface area contributed by atoms with Crippen molar-refractivity contribution < 1.29 is 9.53 Å². The molecule has 110 valence electrons. The van der Waals surface area contributed by atoms with Crippen molar-refractivity contribution in [3.63, 3.8) is 0 Å². The molecular formula is C16H15Cl2NO2. The minimum Gasteiger partial charge on any atom is -0.482 e. The summed E-state index contributed by atoms with van der Waals surface area (Å²) in [5, 5.41) is 3.90. The van der Waals surface area contributed by atoms with Crippen LogP contribution in [0.15, 0.2) is 42.5 Å². The van der Waals surface area contributed by atoms with E-state index in [0.717, 1.165) is 11.1 Å². The van der Waals surface area contributed by atoms with E-state index in [2.05, 4.69) is 5.32 Å². The Balaban J connectivity index is 1.83. The zero-order chi connectivity index (χ0) is 15.2. The first kappa shape index (κ1) is 15.7. The molecule has 5 heteroatoms. The Labute approximate surface area is 133 Å². The number of hydrogen-bond donors (Lipinski definition) is 1. The van der Waals surface area contributed by atoms with E-state index in [1.165, 1.54) is 0 Å². The highest BCUT2D eigenvalue weighted by molar-refractivity contribution is 6.32. The lowest BCUT2D eigenvalue weighted by Gasteiger charge is -2.09. The normalized spacial score (nSPS) is 10.2. The van der Waals surface area contributed by atoms with Crippen LogP contribution >= 0.6 is 23.2 Å². The molecule has 0 spiro atoms. The third-order valence-corrected chi connectivity index (χ3v) is 3.37. The SMILES string of the molecule is Cc1ccc(Cl)c(OCC(=O)NCc2cccc(Cl)c2)c1. The van der Waals surface area contributed by atoms with Gasteiger partial charge in [-0.1, -0.05) is 41.4 Å². The van der Waals surface area contributed by atoms with E-state index in [4.69, 9.17) is 27.9 Å². The lowest BCUT2D eigenvalue weighted by molar-refractivity contribution is -0.123. The number of benzene rings is 2. The van der Waals surface area contributed by atoms with Gasteiger partial charge in [0.25, 0.3) is 5.91 Å². The Hall–Kier alpha value is -1.71. The van der Waals surface area contributed by atoms with Crippen LogP contribution in [-0.2, 0) is 11.3 Å². The highest BCUT2D eigenvalue weighted by atomic mass is 35.5. The van der Waals surface area contributed by atoms with Crippen molar-refractivity contribution in [1.82, 2.24) is 5.32 Å². The summed E-state index contributed by atoms with van der Waals surface area (Å²) in [6.45, 7) is 2.26. The minimum absolute atomic E-state index is 0.0796. The predicted molar refractivity (Wildman–Crippen MR) is 85.0 cm³/mol. The van der Waals surface area contributed by atoms with Crippen molar-refractivity contribution in [2.75, 3.05) is 6.61 Å². The first-order chi connectivity index (χ1) is 10.0. The number of rotatable bonds is 5. The molecule has 3 nitrogen and oxygen atoms in total. The van der Waals surface area contributed by atoms with Gasteiger partial charge in [0, 0.05) is 11.6 Å². The molecule has 0 aromatic heterocycles. The summed E-state index contributed by atoms with van der Waals surface area (Å²) in [5.74, 6) is 0.294. The van der Waals surface area contributed by atoms with Gasteiger partial charge >= 0.3 is 0 Å². The summed E-state index contributed by atoms with van der Waals surface area (Å²) in [6, 6.07) is 12.8. The molecule has 0 saturated carbocycles. The predicted octanol–water partition coefficient (Wildman–Crippen LogP) is 4.00. The summed E-state index contributed by atoms with van der Waals surface area (Å²) in [6.07, 6.45) is 0. The summed E-state index contributed by atoms with van der Waals surface area (Å²) in [7, 11) is 0. The molecule has 0 atom stereocenters. The van der Waals surface area contributed by atoms with Gasteiger partial charge in [0.15, 0.2) is 6.61 Å². The van der Waals surface area contributed by atoms with E-state index in [1.54, 1.807) is 24.3 Å². The molecule has 0 heterocycles. The summed E-state index contributed by atoms with van der Waals surface area (Å²) >= 11 is 11.9. The fourth-order valence-corrected chi connectivity index (χ4v) is 2.15. The van der Waals surface area contributed by atoms with Crippen LogP contribution in [0.5, 0.6) is 5.75 Å². The zero-order valence-corrected chi connectivity index (χ0v) is 13.0. The van der Waals surface area contributed by atoms with Crippen LogP contribution in [0.25, 0.3) is 0 Å². The van der Waals surface area contributed by atoms with E-state index in [0.29, 0.717) is 22.3 Å². The molecule has 1 amide bonds. The van der Waals surface area contributed by atoms with Gasteiger partial charge in [0.05, 0.1) is 5.02 Å². The number of aryl methyl sites for hydroxylation is 1. The third kappa shape index (κ3) is 4.96. The maximum absolute atomic E-state index is 11.8. The van der Waals surface area contributed by atoms with Crippen LogP contribution in [0.3, 0.4) is 0 Å². The number of halogens is 2. The fourth-order valence-electron chi connectivity index (χ4n) is 1.76. The van der Waals surface area contributed by atoms with Gasteiger partial charge in [0.2, 0.25) is 0 Å². The van der Waals surface area contributed by atoms with Gasteiger partial charge in [-0.2, -0.15) is 0 Å². The maximum atomic E-state index is 11.8. The van der Waals surface area contributed by atoms with Gasteiger partial charge in [-0.25, -0.2) is 0 Å². The molecule has 2 aromatic rings. The van der Waals surface area contributed by atoms with Crippen LogP contribution in [0, 0.1) is 6.92 Å². The molecule has 0 radical (unpaired) electrons. The van der Waals surface area contributed by atoms with E-state index in [9.17, 15) is 4.79 Å². The number of carbonyl (C=O) groups is 1. The quantitative estimate of drug-likeness (QED) is 0.903. The van der Waals surface area contributed by atoms with Gasteiger partial charge in [-0.3, -0.25) is 4.79 Å². The Kier molecular flexibility index (Phi) is 5.48. The molecule has 0 saturated heterocycles. The third-order valence-electron chi connectivity index (χ3n) is 2.82. The second kappa shape index (κ2) is 7.34. The van der Waals surface area contributed by atoms with Crippen LogP contribution in [0.4, 0.5) is 0 Å². The Morgan fingerprint density at radius 2 is 2.00 bits per heavy atom. The summed E-state index contributed by atoms with van der Waals surface area (Å²) in [4.78, 5) is 11.8. The summed E-state index contributed by atoms with van der Waals surface area (Å²) < 4.78 is 5.42. The monoisotopic (exact) mass is 323 g/mol. The average molecular weight is 324 g/mol. The van der Waals surface area contributed by atoms with Crippen LogP contribution in [0.1, 0.15) is 11.1 Å². The minimum atomic E-state index is -0.215. The topological polar surface area (TPSA) is 38.3 Å². The van der Waals surface area contributed by atoms with Crippen molar-refractivity contribution in [3.05, 3.63) is 63.6 Å². The van der Waals surface area contributed by atoms with Gasteiger partial charge in [-0.05, 0) is 42.3 Å². The van der Waals surface area contributed by atoms with Crippen LogP contribution in [-0.4, -0.2) is 12.5 Å². The molecule has 0 aliphatic rings. The second-order valence-electron chi connectivity index (χ2n) is 4.63. The molecule has 0 aliphatic heterocycles. The first-order valence-electron chi connectivity index (χ1n) is 6.44. The maximum Gasteiger partial charge on any atom is 0.258 e. The van der Waals surface area contributed by atoms with E-state index < -0.39 is 0 Å². The van der Waals surface area contributed by atoms with Crippen molar-refractivity contribution in [2.24, 2.45) is 0 Å². The molecule has 2 rings (SSSR count). The molecule has 0 aliphatic carbocycles. The Bertz CT molecular complexity index is 644. The Morgan fingerprint density at radius 3 is 2.76 bits per heavy atom. The largest absolute Gasteiger partial charge is 0.482 e. The molecule has 0 fully saturated rings. The van der Waals surface area contributed by atoms with Crippen molar-refractivity contribution >= 4 is 29.1 Å². The van der Waals surface area contributed by atoms with Gasteiger partial charge < -0.3 is 10.1 Å². The average Bonchev–Trinajstić information content (AvgIpc) is 2.46. The molecular weight excluding hydrogens is 309 g/mol. The lowest BCUT2D eigenvalue weighted by Crippen LogP contribution is -2.28. The standard InChI is InChI=1S/C16H15Cl2NO2/c1-11-5-6-14(18)15(7-11)21-10-16(20)19-9-12-3-2-4-13(17)8-12/h2-8H,9-10H2,1H3,(H,19,20). The Morgan fingerprint density at radius 1 is 1.19 bits per heavy atom. The lowest BCUT2D eigenvalue weighted by atomic mass is 10.2. The van der Waals surface area contributed by atoms with Crippen molar-refractivity contribution in [3.8, 4) is 5.75 Å². The van der Waals surface area contributed by atoms with Crippen molar-refractivity contribution in [1.29, 1.82) is 0 Å². The molecule has 21 heavy (non-hydrogen) atoms. The van der Waals surface area contributed by atoms with Crippen LogP contribution < -0.4 is 10.1 Å². The molecule has 1 N–H and O–H groups in total. The second-order valence-corrected chi connectivity index (χ2v) is 5.47. The van der Waals surface area contributed by atoms with Gasteiger partial charge in [-0.15, -0.1) is 0 Å². The smallest absolute Gasteiger partial charge is 0.258 e. The number of carbonyl (C=O) groups excluding carboxylic acids is 1. The van der Waals surface area contributed by atoms with E-state index >= 15 is 0 Å². The summed E-state index contributed by atoms with van der Waals surface area (Å²) in [5.41, 5.74) is 1.96. The van der Waals surface area contributed by atoms with Gasteiger partial charge in [0.1, 0.15) is 5.75 Å². The van der Waals surface area contributed by atoms with Crippen LogP contribution in [0.2, 0.25) is 10.0 Å². The fraction of sp³-hybridized carbons (Fsp3) is 0.188. The molecule has 2 aromatic carbocycles. The number of ether oxygens (including phenoxy) is 1. The van der Waals surface area contributed by atoms with E-state index in [-0.39, 0.29) is 12.5 Å². The number of amides is 1. The number of hydrogen-bond acceptors (Lipinski definition) is 2. The highest BCUT2D eigenvalue weighted by Crippen LogP contribution is 2.25. The zero-order valence-electron chi connectivity index (χ0n) is 11.5. The number of nitrogens with one attached hydrogen (secondary N) is 1. The van der Waals surface area contributed by atoms with Crippen molar-refractivity contribution in [2.45, 2.75) is 13.5 Å². The molecule has 0 bridgehead atoms. The first-order valence-corrected chi connectivity index (χ1v) is 7.20. The highest BCUT2D eigenvalue weighted by Gasteiger charge is 2.06. The van der Waals surface area contributed by atoms with E-state index in [1.807, 2.05) is 25.1 Å².